The van der Waals surface area contributed by atoms with Gasteiger partial charge in [0.25, 0.3) is 10.0 Å². The van der Waals surface area contributed by atoms with Gasteiger partial charge in [0.2, 0.25) is 11.8 Å². The third kappa shape index (κ3) is 7.69. The number of hydrogen-bond acceptors (Lipinski definition) is 6. The maximum Gasteiger partial charge on any atom is 0.295 e. The summed E-state index contributed by atoms with van der Waals surface area (Å²) in [5.41, 5.74) is 5.93. The zero-order valence-corrected chi connectivity index (χ0v) is 22.6. The zero-order chi connectivity index (χ0) is 27.1. The first-order chi connectivity index (χ1) is 18.2. The van der Waals surface area contributed by atoms with E-state index in [9.17, 15) is 22.4 Å². The predicted molar refractivity (Wildman–Crippen MR) is 148 cm³/mol. The molecule has 0 unspecified atom stereocenters. The number of amides is 2. The van der Waals surface area contributed by atoms with Gasteiger partial charge in [-0.2, -0.15) is 8.42 Å². The lowest BCUT2D eigenvalue weighted by Crippen LogP contribution is -2.37. The number of carbonyl (C=O) groups is 2. The predicted octanol–water partition coefficient (Wildman–Crippen LogP) is 3.19. The first-order valence-corrected chi connectivity index (χ1v) is 13.6. The Hall–Kier alpha value is -3.67. The van der Waals surface area contributed by atoms with Crippen molar-refractivity contribution in [3.05, 3.63) is 89.7 Å². The van der Waals surface area contributed by atoms with Gasteiger partial charge in [-0.1, -0.05) is 22.7 Å². The molecular formula is C27H30ClFN4O5S. The van der Waals surface area contributed by atoms with Crippen LogP contribution >= 0.6 is 12.4 Å². The molecule has 0 radical (unpaired) electrons. The van der Waals surface area contributed by atoms with Crippen molar-refractivity contribution in [1.29, 1.82) is 0 Å². The van der Waals surface area contributed by atoms with Crippen molar-refractivity contribution in [3.63, 3.8) is 0 Å². The molecule has 1 heterocycles. The summed E-state index contributed by atoms with van der Waals surface area (Å²) in [6.45, 7) is 2.28. The smallest absolute Gasteiger partial charge is 0.295 e. The van der Waals surface area contributed by atoms with E-state index >= 15 is 0 Å². The van der Waals surface area contributed by atoms with E-state index in [-0.39, 0.29) is 52.2 Å². The number of carbonyl (C=O) groups excluding carboxylic acids is 2. The number of halogens is 2. The summed E-state index contributed by atoms with van der Waals surface area (Å²) in [6, 6.07) is 16.7. The van der Waals surface area contributed by atoms with Crippen molar-refractivity contribution in [2.24, 2.45) is 11.7 Å². The van der Waals surface area contributed by atoms with Crippen LogP contribution in [0.15, 0.2) is 77.7 Å². The summed E-state index contributed by atoms with van der Waals surface area (Å²) in [6.07, 6.45) is 1.67. The van der Waals surface area contributed by atoms with Gasteiger partial charge in [-0.3, -0.25) is 9.59 Å². The Balaban J connectivity index is 0.00000420. The lowest BCUT2D eigenvalue weighted by atomic mass is 9.98. The van der Waals surface area contributed by atoms with Crippen LogP contribution in [0.3, 0.4) is 0 Å². The summed E-state index contributed by atoms with van der Waals surface area (Å²) in [7, 11) is -4.37. The van der Waals surface area contributed by atoms with Gasteiger partial charge in [-0.15, -0.1) is 12.4 Å². The molecular weight excluding hydrogens is 547 g/mol. The van der Waals surface area contributed by atoms with Crippen molar-refractivity contribution in [2.45, 2.75) is 24.2 Å². The lowest BCUT2D eigenvalue weighted by Gasteiger charge is -2.24. The molecule has 0 bridgehead atoms. The third-order valence-electron chi connectivity index (χ3n) is 6.22. The summed E-state index contributed by atoms with van der Waals surface area (Å²) in [4.78, 5) is 30.3. The molecule has 39 heavy (non-hydrogen) atoms. The Labute approximate surface area is 232 Å². The Kier molecular flexibility index (Phi) is 10.3. The topological polar surface area (TPSA) is 131 Å². The van der Waals surface area contributed by atoms with Crippen LogP contribution in [0.1, 0.15) is 28.8 Å². The van der Waals surface area contributed by atoms with Gasteiger partial charge in [-0.05, 0) is 92.0 Å². The number of para-hydroxylation sites is 1. The molecule has 0 aromatic heterocycles. The highest BCUT2D eigenvalue weighted by molar-refractivity contribution is 7.92. The van der Waals surface area contributed by atoms with Crippen LogP contribution in [-0.4, -0.2) is 39.9 Å². The highest BCUT2D eigenvalue weighted by Gasteiger charge is 2.29. The number of benzene rings is 3. The Bertz CT molecular complexity index is 1390. The molecule has 1 aliphatic rings. The first kappa shape index (κ1) is 29.9. The van der Waals surface area contributed by atoms with E-state index in [1.807, 2.05) is 0 Å². The number of nitrogens with zero attached hydrogens (tertiary/aromatic N) is 1. The fourth-order valence-electron chi connectivity index (χ4n) is 4.17. The maximum absolute atomic E-state index is 13.8. The van der Waals surface area contributed by atoms with Crippen molar-refractivity contribution >= 4 is 39.9 Å². The molecule has 0 spiro atoms. The summed E-state index contributed by atoms with van der Waals surface area (Å²) >= 11 is 0. The molecule has 1 aliphatic heterocycles. The Morgan fingerprint density at radius 2 is 1.69 bits per heavy atom. The minimum Gasteiger partial charge on any atom is -0.366 e. The van der Waals surface area contributed by atoms with Gasteiger partial charge in [0.15, 0.2) is 5.75 Å². The van der Waals surface area contributed by atoms with Crippen LogP contribution in [0.5, 0.6) is 5.75 Å². The molecule has 4 rings (SSSR count). The average Bonchev–Trinajstić information content (AvgIpc) is 2.92. The SMILES string of the molecule is Cl.NC(=O)c1ccc(S(=O)(=O)N(Oc2ccc(F)cc2)c2ccccc2)cc1CC(=O)NCC1CCNCC1. The van der Waals surface area contributed by atoms with Gasteiger partial charge in [0.05, 0.1) is 17.0 Å². The van der Waals surface area contributed by atoms with E-state index in [1.54, 1.807) is 18.2 Å². The van der Waals surface area contributed by atoms with Gasteiger partial charge < -0.3 is 21.2 Å². The fraction of sp³-hybridized carbons (Fsp3) is 0.259. The monoisotopic (exact) mass is 576 g/mol. The molecule has 0 aliphatic carbocycles. The minimum atomic E-state index is -4.37. The first-order valence-electron chi connectivity index (χ1n) is 12.2. The Morgan fingerprint density at radius 3 is 2.33 bits per heavy atom. The van der Waals surface area contributed by atoms with Crippen molar-refractivity contribution in [2.75, 3.05) is 24.1 Å². The third-order valence-corrected chi connectivity index (χ3v) is 7.80. The van der Waals surface area contributed by atoms with Gasteiger partial charge in [-0.25, -0.2) is 4.39 Å². The van der Waals surface area contributed by atoms with E-state index in [1.165, 1.54) is 42.5 Å². The second-order valence-corrected chi connectivity index (χ2v) is 10.7. The van der Waals surface area contributed by atoms with E-state index < -0.39 is 21.7 Å². The molecule has 3 aromatic rings. The molecule has 4 N–H and O–H groups in total. The summed E-state index contributed by atoms with van der Waals surface area (Å²) in [5.74, 6) is -1.19. The Morgan fingerprint density at radius 1 is 1.03 bits per heavy atom. The average molecular weight is 577 g/mol. The number of nitrogens with two attached hydrogens (primary N) is 1. The van der Waals surface area contributed by atoms with Crippen molar-refractivity contribution < 1.29 is 27.2 Å². The number of primary amides is 1. The quantitative estimate of drug-likeness (QED) is 0.318. The van der Waals surface area contributed by atoms with Crippen LogP contribution in [-0.2, 0) is 21.2 Å². The highest BCUT2D eigenvalue weighted by atomic mass is 35.5. The minimum absolute atomic E-state index is 0. The standard InChI is InChI=1S/C27H29FN4O5S.ClH/c28-21-6-8-23(9-7-21)37-32(22-4-2-1-3-5-22)38(35,36)24-10-11-25(27(29)34)20(16-24)17-26(33)31-18-19-12-14-30-15-13-19;/h1-11,16,19,30H,12-15,17-18H2,(H2,29,34)(H,31,33);1H. The summed E-state index contributed by atoms with van der Waals surface area (Å²) in [5, 5.41) is 6.15. The molecule has 208 valence electrons. The van der Waals surface area contributed by atoms with Crippen LogP contribution < -0.4 is 25.7 Å². The molecule has 9 nitrogen and oxygen atoms in total. The van der Waals surface area contributed by atoms with E-state index in [4.69, 9.17) is 10.6 Å². The van der Waals surface area contributed by atoms with Crippen LogP contribution in [0.2, 0.25) is 0 Å². The molecule has 0 atom stereocenters. The molecule has 1 fully saturated rings. The number of rotatable bonds is 10. The largest absolute Gasteiger partial charge is 0.366 e. The number of anilines is 1. The molecule has 3 aromatic carbocycles. The fourth-order valence-corrected chi connectivity index (χ4v) is 5.48. The van der Waals surface area contributed by atoms with Crippen LogP contribution in [0.4, 0.5) is 10.1 Å². The maximum atomic E-state index is 13.8. The lowest BCUT2D eigenvalue weighted by molar-refractivity contribution is -0.120. The van der Waals surface area contributed by atoms with E-state index in [0.29, 0.717) is 16.9 Å². The second kappa shape index (κ2) is 13.4. The molecule has 0 saturated carbocycles. The number of piperidine rings is 1. The van der Waals surface area contributed by atoms with E-state index in [0.717, 1.165) is 38.1 Å². The summed E-state index contributed by atoms with van der Waals surface area (Å²) < 4.78 is 41.6. The van der Waals surface area contributed by atoms with Gasteiger partial charge in [0.1, 0.15) is 5.82 Å². The van der Waals surface area contributed by atoms with Gasteiger partial charge >= 0.3 is 0 Å². The van der Waals surface area contributed by atoms with E-state index in [2.05, 4.69) is 10.6 Å². The zero-order valence-electron chi connectivity index (χ0n) is 21.0. The number of nitrogens with one attached hydrogen (secondary N) is 2. The number of hydrogen-bond donors (Lipinski definition) is 3. The van der Waals surface area contributed by atoms with Crippen LogP contribution in [0, 0.1) is 11.7 Å². The highest BCUT2D eigenvalue weighted by Crippen LogP contribution is 2.27. The second-order valence-electron chi connectivity index (χ2n) is 8.97. The number of sulfonamides is 1. The molecule has 1 saturated heterocycles. The molecule has 2 amide bonds. The van der Waals surface area contributed by atoms with Crippen LogP contribution in [0.25, 0.3) is 0 Å². The molecule has 12 heteroatoms. The van der Waals surface area contributed by atoms with Crippen molar-refractivity contribution in [1.82, 2.24) is 10.6 Å². The van der Waals surface area contributed by atoms with Gasteiger partial charge in [0, 0.05) is 12.1 Å². The normalized spacial score (nSPS) is 13.7. The van der Waals surface area contributed by atoms with Crippen molar-refractivity contribution in [3.8, 4) is 5.75 Å².